The van der Waals surface area contributed by atoms with Gasteiger partial charge in [-0.2, -0.15) is 0 Å². The number of carbonyl (C=O) groups excluding carboxylic acids is 1. The standard InChI is InChI=1S/C16H17NO3S/c1-2-20-16(19)12-4-3-5-13-14(12)17-15(21-13)10-6-8-11(18)9-7-10/h6-9,12,18H,2-5H2,1H3. The molecule has 3 rings (SSSR count). The van der Waals surface area contributed by atoms with Crippen LogP contribution >= 0.6 is 11.3 Å². The Balaban J connectivity index is 1.94. The van der Waals surface area contributed by atoms with Crippen molar-refractivity contribution in [3.05, 3.63) is 34.8 Å². The summed E-state index contributed by atoms with van der Waals surface area (Å²) >= 11 is 1.63. The van der Waals surface area contributed by atoms with Crippen LogP contribution in [-0.4, -0.2) is 22.7 Å². The van der Waals surface area contributed by atoms with Crippen molar-refractivity contribution < 1.29 is 14.6 Å². The van der Waals surface area contributed by atoms with Crippen LogP contribution in [-0.2, 0) is 16.0 Å². The summed E-state index contributed by atoms with van der Waals surface area (Å²) < 4.78 is 5.16. The fraction of sp³-hybridized carbons (Fsp3) is 0.375. The van der Waals surface area contributed by atoms with E-state index in [-0.39, 0.29) is 17.6 Å². The lowest BCUT2D eigenvalue weighted by atomic mass is 9.91. The van der Waals surface area contributed by atoms with Crippen molar-refractivity contribution in [2.45, 2.75) is 32.1 Å². The number of phenolic OH excluding ortho intramolecular Hbond substituents is 1. The Hall–Kier alpha value is -1.88. The Morgan fingerprint density at radius 2 is 2.19 bits per heavy atom. The summed E-state index contributed by atoms with van der Waals surface area (Å²) in [6, 6.07) is 7.00. The molecule has 2 aromatic rings. The van der Waals surface area contributed by atoms with E-state index < -0.39 is 0 Å². The maximum atomic E-state index is 12.1. The van der Waals surface area contributed by atoms with Crippen LogP contribution in [0.5, 0.6) is 5.75 Å². The fourth-order valence-corrected chi connectivity index (χ4v) is 3.79. The molecule has 5 heteroatoms. The van der Waals surface area contributed by atoms with E-state index in [1.807, 2.05) is 19.1 Å². The molecule has 1 aliphatic rings. The average Bonchev–Trinajstić information content (AvgIpc) is 2.92. The molecule has 0 amide bonds. The zero-order valence-electron chi connectivity index (χ0n) is 11.8. The summed E-state index contributed by atoms with van der Waals surface area (Å²) in [6.45, 7) is 2.23. The molecule has 1 atom stereocenters. The average molecular weight is 303 g/mol. The molecule has 21 heavy (non-hydrogen) atoms. The summed E-state index contributed by atoms with van der Waals surface area (Å²) in [5.74, 6) is -0.152. The molecule has 1 aliphatic carbocycles. The molecule has 0 bridgehead atoms. The lowest BCUT2D eigenvalue weighted by Gasteiger charge is -2.19. The molecule has 0 aliphatic heterocycles. The topological polar surface area (TPSA) is 59.4 Å². The first-order chi connectivity index (χ1) is 10.2. The molecule has 0 saturated heterocycles. The third kappa shape index (κ3) is 2.78. The number of esters is 1. The van der Waals surface area contributed by atoms with Crippen molar-refractivity contribution in [3.8, 4) is 16.3 Å². The molecule has 1 heterocycles. The molecule has 0 saturated carbocycles. The maximum absolute atomic E-state index is 12.1. The second-order valence-electron chi connectivity index (χ2n) is 5.07. The Bertz CT molecular complexity index is 648. The molecule has 110 valence electrons. The number of benzene rings is 1. The van der Waals surface area contributed by atoms with Gasteiger partial charge in [-0.15, -0.1) is 11.3 Å². The van der Waals surface area contributed by atoms with E-state index >= 15 is 0 Å². The van der Waals surface area contributed by atoms with Crippen LogP contribution in [0.1, 0.15) is 36.3 Å². The Morgan fingerprint density at radius 3 is 2.90 bits per heavy atom. The highest BCUT2D eigenvalue weighted by Gasteiger charge is 2.31. The van der Waals surface area contributed by atoms with E-state index in [4.69, 9.17) is 4.74 Å². The van der Waals surface area contributed by atoms with Crippen LogP contribution in [0.2, 0.25) is 0 Å². The quantitative estimate of drug-likeness (QED) is 0.882. The van der Waals surface area contributed by atoms with Gasteiger partial charge in [-0.1, -0.05) is 0 Å². The zero-order chi connectivity index (χ0) is 14.8. The number of aromatic nitrogens is 1. The summed E-state index contributed by atoms with van der Waals surface area (Å²) in [7, 11) is 0. The van der Waals surface area contributed by atoms with Crippen LogP contribution in [0.25, 0.3) is 10.6 Å². The smallest absolute Gasteiger partial charge is 0.315 e. The number of carbonyl (C=O) groups is 1. The van der Waals surface area contributed by atoms with Gasteiger partial charge in [0.1, 0.15) is 16.7 Å². The number of thiazole rings is 1. The maximum Gasteiger partial charge on any atom is 0.315 e. The lowest BCUT2D eigenvalue weighted by molar-refractivity contribution is -0.145. The summed E-state index contributed by atoms with van der Waals surface area (Å²) in [5, 5.41) is 10.3. The molecule has 1 aromatic heterocycles. The number of aromatic hydroxyl groups is 1. The Kier molecular flexibility index (Phi) is 3.92. The minimum Gasteiger partial charge on any atom is -0.508 e. The molecule has 0 fully saturated rings. The minimum atomic E-state index is -0.226. The van der Waals surface area contributed by atoms with Crippen molar-refractivity contribution >= 4 is 17.3 Å². The number of aryl methyl sites for hydroxylation is 1. The van der Waals surface area contributed by atoms with Crippen molar-refractivity contribution in [3.63, 3.8) is 0 Å². The van der Waals surface area contributed by atoms with Gasteiger partial charge in [-0.3, -0.25) is 4.79 Å². The van der Waals surface area contributed by atoms with Gasteiger partial charge >= 0.3 is 5.97 Å². The first-order valence-corrected chi connectivity index (χ1v) is 7.96. The summed E-state index contributed by atoms with van der Waals surface area (Å²) in [5.41, 5.74) is 1.85. The fourth-order valence-electron chi connectivity index (χ4n) is 2.62. The molecule has 1 unspecified atom stereocenters. The molecule has 0 radical (unpaired) electrons. The van der Waals surface area contributed by atoms with Gasteiger partial charge < -0.3 is 9.84 Å². The SMILES string of the molecule is CCOC(=O)C1CCCc2sc(-c3ccc(O)cc3)nc21. The molecule has 1 N–H and O–H groups in total. The number of phenols is 1. The zero-order valence-corrected chi connectivity index (χ0v) is 12.7. The van der Waals surface area contributed by atoms with Crippen LogP contribution in [0, 0.1) is 0 Å². The Labute approximate surface area is 127 Å². The molecular formula is C16H17NO3S. The van der Waals surface area contributed by atoms with Crippen molar-refractivity contribution in [1.82, 2.24) is 4.98 Å². The second kappa shape index (κ2) is 5.85. The van der Waals surface area contributed by atoms with Crippen molar-refractivity contribution in [2.75, 3.05) is 6.61 Å². The third-order valence-electron chi connectivity index (χ3n) is 3.64. The minimum absolute atomic E-state index is 0.166. The van der Waals surface area contributed by atoms with E-state index in [1.165, 1.54) is 4.88 Å². The van der Waals surface area contributed by atoms with Crippen molar-refractivity contribution in [2.24, 2.45) is 0 Å². The summed E-state index contributed by atoms with van der Waals surface area (Å²) in [4.78, 5) is 17.9. The van der Waals surface area contributed by atoms with E-state index in [0.717, 1.165) is 35.5 Å². The van der Waals surface area contributed by atoms with Crippen LogP contribution in [0.3, 0.4) is 0 Å². The number of ether oxygens (including phenoxy) is 1. The second-order valence-corrected chi connectivity index (χ2v) is 6.15. The third-order valence-corrected chi connectivity index (χ3v) is 4.82. The largest absolute Gasteiger partial charge is 0.508 e. The van der Waals surface area contributed by atoms with E-state index in [0.29, 0.717) is 6.61 Å². The number of hydrogen-bond acceptors (Lipinski definition) is 5. The van der Waals surface area contributed by atoms with Gasteiger partial charge in [0.2, 0.25) is 0 Å². The predicted molar refractivity (Wildman–Crippen MR) is 81.5 cm³/mol. The Morgan fingerprint density at radius 1 is 1.43 bits per heavy atom. The van der Waals surface area contributed by atoms with E-state index in [2.05, 4.69) is 4.98 Å². The lowest BCUT2D eigenvalue weighted by Crippen LogP contribution is -2.20. The molecule has 4 nitrogen and oxygen atoms in total. The highest BCUT2D eigenvalue weighted by atomic mass is 32.1. The van der Waals surface area contributed by atoms with E-state index in [9.17, 15) is 9.90 Å². The van der Waals surface area contributed by atoms with Crippen LogP contribution < -0.4 is 0 Å². The molecular weight excluding hydrogens is 286 g/mol. The van der Waals surface area contributed by atoms with Crippen LogP contribution in [0.4, 0.5) is 0 Å². The van der Waals surface area contributed by atoms with Crippen molar-refractivity contribution in [1.29, 1.82) is 0 Å². The van der Waals surface area contributed by atoms with E-state index in [1.54, 1.807) is 23.5 Å². The normalized spacial score (nSPS) is 17.3. The number of hydrogen-bond donors (Lipinski definition) is 1. The highest BCUT2D eigenvalue weighted by molar-refractivity contribution is 7.15. The van der Waals surface area contributed by atoms with Gasteiger partial charge in [-0.05, 0) is 50.5 Å². The first-order valence-electron chi connectivity index (χ1n) is 7.14. The molecule has 1 aromatic carbocycles. The number of rotatable bonds is 3. The monoisotopic (exact) mass is 303 g/mol. The summed E-state index contributed by atoms with van der Waals surface area (Å²) in [6.07, 6.45) is 2.78. The van der Waals surface area contributed by atoms with Gasteiger partial charge in [-0.25, -0.2) is 4.98 Å². The highest BCUT2D eigenvalue weighted by Crippen LogP contribution is 2.39. The number of fused-ring (bicyclic) bond motifs is 1. The van der Waals surface area contributed by atoms with Gasteiger partial charge in [0.05, 0.1) is 12.3 Å². The van der Waals surface area contributed by atoms with Crippen LogP contribution in [0.15, 0.2) is 24.3 Å². The van der Waals surface area contributed by atoms with Gasteiger partial charge in [0, 0.05) is 10.4 Å². The predicted octanol–water partition coefficient (Wildman–Crippen LogP) is 3.50. The molecule has 0 spiro atoms. The van der Waals surface area contributed by atoms with Gasteiger partial charge in [0.15, 0.2) is 0 Å². The van der Waals surface area contributed by atoms with Gasteiger partial charge in [0.25, 0.3) is 0 Å². The first kappa shape index (κ1) is 14.1. The number of nitrogens with zero attached hydrogens (tertiary/aromatic N) is 1.